The molecule has 0 fully saturated rings. The van der Waals surface area contributed by atoms with E-state index in [0.29, 0.717) is 40.6 Å². The average Bonchev–Trinajstić information content (AvgIpc) is 3.23. The largest absolute Gasteiger partial charge is 0.465 e. The van der Waals surface area contributed by atoms with Gasteiger partial charge in [0.15, 0.2) is 0 Å². The van der Waals surface area contributed by atoms with E-state index >= 15 is 0 Å². The van der Waals surface area contributed by atoms with Crippen molar-refractivity contribution in [1.82, 2.24) is 9.55 Å². The van der Waals surface area contributed by atoms with E-state index in [1.807, 2.05) is 30.3 Å². The lowest BCUT2D eigenvalue weighted by Crippen LogP contribution is -2.24. The molecule has 5 nitrogen and oxygen atoms in total. The maximum atomic E-state index is 13.2. The first-order valence-electron chi connectivity index (χ1n) is 8.83. The average molecular weight is 392 g/mol. The Morgan fingerprint density at radius 1 is 1.07 bits per heavy atom. The Labute approximate surface area is 166 Å². The van der Waals surface area contributed by atoms with Crippen molar-refractivity contribution in [3.8, 4) is 0 Å². The van der Waals surface area contributed by atoms with Crippen molar-refractivity contribution in [2.75, 3.05) is 0 Å². The zero-order valence-electron chi connectivity index (χ0n) is 15.0. The van der Waals surface area contributed by atoms with E-state index in [-0.39, 0.29) is 5.56 Å². The van der Waals surface area contributed by atoms with Gasteiger partial charge in [0.2, 0.25) is 0 Å². The molecule has 140 valence electrons. The first-order valence-corrected chi connectivity index (χ1v) is 9.21. The molecule has 4 rings (SSSR count). The van der Waals surface area contributed by atoms with E-state index in [1.165, 1.54) is 0 Å². The molecule has 0 aliphatic rings. The second kappa shape index (κ2) is 7.84. The molecule has 0 unspecified atom stereocenters. The summed E-state index contributed by atoms with van der Waals surface area (Å²) in [7, 11) is 0. The summed E-state index contributed by atoms with van der Waals surface area (Å²) < 4.78 is 6.98. The number of rotatable bonds is 5. The molecule has 0 radical (unpaired) electrons. The van der Waals surface area contributed by atoms with Crippen molar-refractivity contribution in [2.45, 2.75) is 13.1 Å². The molecule has 2 heterocycles. The van der Waals surface area contributed by atoms with Crippen LogP contribution in [-0.2, 0) is 13.1 Å². The number of benzene rings is 2. The second-order valence-corrected chi connectivity index (χ2v) is 6.83. The highest BCUT2D eigenvalue weighted by molar-refractivity contribution is 6.31. The highest BCUT2D eigenvalue weighted by Crippen LogP contribution is 2.17. The molecule has 28 heavy (non-hydrogen) atoms. The standard InChI is InChI=1S/C22H18ClN3O2/c23-17-6-8-20-19(12-17)22(27)26(14-16-4-1-3-15(11-16)13-24)21(25-20)9-7-18-5-2-10-28-18/h1-12H,13-14,24H2. The van der Waals surface area contributed by atoms with Crippen LogP contribution in [0.4, 0.5) is 0 Å². The van der Waals surface area contributed by atoms with Crippen LogP contribution in [0.3, 0.4) is 0 Å². The molecule has 0 saturated heterocycles. The Hall–Kier alpha value is -3.15. The minimum Gasteiger partial charge on any atom is -0.465 e. The van der Waals surface area contributed by atoms with Crippen molar-refractivity contribution in [1.29, 1.82) is 0 Å². The van der Waals surface area contributed by atoms with Crippen molar-refractivity contribution in [3.63, 3.8) is 0 Å². The topological polar surface area (TPSA) is 74.1 Å². The molecule has 0 spiro atoms. The molecule has 0 amide bonds. The second-order valence-electron chi connectivity index (χ2n) is 6.40. The number of fused-ring (bicyclic) bond motifs is 1. The fraction of sp³-hybridized carbons (Fsp3) is 0.0909. The highest BCUT2D eigenvalue weighted by atomic mass is 35.5. The number of hydrogen-bond acceptors (Lipinski definition) is 4. The van der Waals surface area contributed by atoms with Crippen LogP contribution in [0.2, 0.25) is 5.02 Å². The van der Waals surface area contributed by atoms with Gasteiger partial charge in [-0.2, -0.15) is 0 Å². The molecule has 0 saturated carbocycles. The fourth-order valence-electron chi connectivity index (χ4n) is 3.07. The maximum absolute atomic E-state index is 13.2. The summed E-state index contributed by atoms with van der Waals surface area (Å²) >= 11 is 6.10. The molecular weight excluding hydrogens is 374 g/mol. The van der Waals surface area contributed by atoms with Gasteiger partial charge >= 0.3 is 0 Å². The molecule has 2 aromatic carbocycles. The molecule has 0 atom stereocenters. The van der Waals surface area contributed by atoms with Crippen LogP contribution in [0.1, 0.15) is 22.7 Å². The lowest BCUT2D eigenvalue weighted by Gasteiger charge is -2.12. The Kier molecular flexibility index (Phi) is 5.10. The summed E-state index contributed by atoms with van der Waals surface area (Å²) in [6.07, 6.45) is 5.16. The zero-order chi connectivity index (χ0) is 19.5. The van der Waals surface area contributed by atoms with Gasteiger partial charge in [-0.05, 0) is 53.6 Å². The zero-order valence-corrected chi connectivity index (χ0v) is 15.8. The molecule has 0 aliphatic carbocycles. The van der Waals surface area contributed by atoms with E-state index in [1.54, 1.807) is 47.2 Å². The van der Waals surface area contributed by atoms with E-state index in [0.717, 1.165) is 11.1 Å². The Balaban J connectivity index is 1.86. The Morgan fingerprint density at radius 2 is 1.93 bits per heavy atom. The quantitative estimate of drug-likeness (QED) is 0.549. The van der Waals surface area contributed by atoms with E-state index in [9.17, 15) is 4.79 Å². The molecule has 0 bridgehead atoms. The van der Waals surface area contributed by atoms with Crippen molar-refractivity contribution >= 4 is 34.7 Å². The van der Waals surface area contributed by atoms with Crippen LogP contribution < -0.4 is 11.3 Å². The van der Waals surface area contributed by atoms with Gasteiger partial charge in [-0.15, -0.1) is 0 Å². The summed E-state index contributed by atoms with van der Waals surface area (Å²) in [5, 5.41) is 0.986. The lowest BCUT2D eigenvalue weighted by molar-refractivity contribution is 0.557. The first-order chi connectivity index (χ1) is 13.6. The summed E-state index contributed by atoms with van der Waals surface area (Å²) in [4.78, 5) is 17.9. The molecule has 0 aliphatic heterocycles. The maximum Gasteiger partial charge on any atom is 0.261 e. The number of furan rings is 1. The van der Waals surface area contributed by atoms with Crippen LogP contribution in [0.25, 0.3) is 23.1 Å². The van der Waals surface area contributed by atoms with E-state index in [4.69, 9.17) is 21.8 Å². The minimum atomic E-state index is -0.148. The van der Waals surface area contributed by atoms with Gasteiger partial charge in [0, 0.05) is 11.6 Å². The third-order valence-corrected chi connectivity index (χ3v) is 4.69. The van der Waals surface area contributed by atoms with Crippen LogP contribution in [0, 0.1) is 0 Å². The van der Waals surface area contributed by atoms with Crippen molar-refractivity contribution in [2.24, 2.45) is 5.73 Å². The molecule has 2 N–H and O–H groups in total. The van der Waals surface area contributed by atoms with Crippen LogP contribution in [0.15, 0.2) is 70.1 Å². The van der Waals surface area contributed by atoms with E-state index in [2.05, 4.69) is 4.98 Å². The highest BCUT2D eigenvalue weighted by Gasteiger charge is 2.11. The van der Waals surface area contributed by atoms with Gasteiger partial charge in [0.1, 0.15) is 11.6 Å². The number of aromatic nitrogens is 2. The summed E-state index contributed by atoms with van der Waals surface area (Å²) in [6.45, 7) is 0.819. The number of nitrogens with zero attached hydrogens (tertiary/aromatic N) is 2. The predicted molar refractivity (Wildman–Crippen MR) is 112 cm³/mol. The van der Waals surface area contributed by atoms with Gasteiger partial charge in [0.05, 0.1) is 23.7 Å². The summed E-state index contributed by atoms with van der Waals surface area (Å²) in [6, 6.07) is 16.6. The van der Waals surface area contributed by atoms with Crippen LogP contribution in [0.5, 0.6) is 0 Å². The third kappa shape index (κ3) is 3.76. The number of nitrogens with two attached hydrogens (primary N) is 1. The minimum absolute atomic E-state index is 0.148. The smallest absolute Gasteiger partial charge is 0.261 e. The van der Waals surface area contributed by atoms with Gasteiger partial charge in [-0.25, -0.2) is 4.98 Å². The summed E-state index contributed by atoms with van der Waals surface area (Å²) in [5.41, 5.74) is 8.18. The monoisotopic (exact) mass is 391 g/mol. The molecule has 6 heteroatoms. The predicted octanol–water partition coefficient (Wildman–Crippen LogP) is 4.32. The summed E-state index contributed by atoms with van der Waals surface area (Å²) in [5.74, 6) is 1.22. The third-order valence-electron chi connectivity index (χ3n) is 4.45. The van der Waals surface area contributed by atoms with Crippen LogP contribution >= 0.6 is 11.6 Å². The molecule has 4 aromatic rings. The normalized spacial score (nSPS) is 11.5. The lowest BCUT2D eigenvalue weighted by atomic mass is 10.1. The van der Waals surface area contributed by atoms with Gasteiger partial charge in [-0.1, -0.05) is 35.9 Å². The Bertz CT molecular complexity index is 1210. The fourth-order valence-corrected chi connectivity index (χ4v) is 3.24. The van der Waals surface area contributed by atoms with Crippen molar-refractivity contribution in [3.05, 3.63) is 98.9 Å². The van der Waals surface area contributed by atoms with Crippen LogP contribution in [-0.4, -0.2) is 9.55 Å². The van der Waals surface area contributed by atoms with Crippen molar-refractivity contribution < 1.29 is 4.42 Å². The SMILES string of the molecule is NCc1cccc(Cn2c(C=Cc3ccco3)nc3ccc(Cl)cc3c2=O)c1. The number of hydrogen-bond donors (Lipinski definition) is 1. The first kappa shape index (κ1) is 18.2. The van der Waals surface area contributed by atoms with Gasteiger partial charge in [0.25, 0.3) is 5.56 Å². The van der Waals surface area contributed by atoms with Gasteiger partial charge < -0.3 is 10.2 Å². The number of halogens is 1. The molecular formula is C22H18ClN3O2. The molecule has 2 aromatic heterocycles. The van der Waals surface area contributed by atoms with Gasteiger partial charge in [-0.3, -0.25) is 9.36 Å². The van der Waals surface area contributed by atoms with E-state index < -0.39 is 0 Å². The Morgan fingerprint density at radius 3 is 2.71 bits per heavy atom.